The average Bonchev–Trinajstić information content (AvgIpc) is 2.65. The van der Waals surface area contributed by atoms with Gasteiger partial charge in [0.1, 0.15) is 5.69 Å². The van der Waals surface area contributed by atoms with Gasteiger partial charge in [-0.1, -0.05) is 6.07 Å². The van der Waals surface area contributed by atoms with Crippen LogP contribution in [0.4, 0.5) is 13.2 Å². The molecule has 1 unspecified atom stereocenters. The van der Waals surface area contributed by atoms with Gasteiger partial charge in [-0.3, -0.25) is 19.5 Å². The smallest absolute Gasteiger partial charge is 0.422 e. The lowest BCUT2D eigenvalue weighted by Crippen LogP contribution is -2.24. The van der Waals surface area contributed by atoms with Crippen molar-refractivity contribution < 1.29 is 27.5 Å². The van der Waals surface area contributed by atoms with E-state index in [0.717, 1.165) is 5.56 Å². The molecule has 0 aliphatic heterocycles. The third kappa shape index (κ3) is 5.58. The van der Waals surface area contributed by atoms with Gasteiger partial charge in [0.05, 0.1) is 0 Å². The highest BCUT2D eigenvalue weighted by Crippen LogP contribution is 2.24. The zero-order valence-corrected chi connectivity index (χ0v) is 14.7. The summed E-state index contributed by atoms with van der Waals surface area (Å²) < 4.78 is 41.1. The van der Waals surface area contributed by atoms with Crippen LogP contribution in [0.2, 0.25) is 0 Å². The molecule has 0 aliphatic rings. The number of ether oxygens (including phenoxy) is 1. The highest BCUT2D eigenvalue weighted by atomic mass is 19.4. The lowest BCUT2D eigenvalue weighted by molar-refractivity contribution is -0.154. The molecule has 144 valence electrons. The van der Waals surface area contributed by atoms with Crippen molar-refractivity contribution in [2.45, 2.75) is 25.7 Å². The van der Waals surface area contributed by atoms with Crippen LogP contribution in [0.3, 0.4) is 0 Å². The Bertz CT molecular complexity index is 768. The van der Waals surface area contributed by atoms with Crippen molar-refractivity contribution in [3.63, 3.8) is 0 Å². The van der Waals surface area contributed by atoms with E-state index in [1.807, 2.05) is 11.8 Å². The molecule has 0 aliphatic carbocycles. The summed E-state index contributed by atoms with van der Waals surface area (Å²) in [5.74, 6) is -0.121. The van der Waals surface area contributed by atoms with Crippen LogP contribution in [0, 0.1) is 0 Å². The number of aldehydes is 2. The van der Waals surface area contributed by atoms with E-state index >= 15 is 0 Å². The monoisotopic (exact) mass is 381 g/mol. The summed E-state index contributed by atoms with van der Waals surface area (Å²) in [6, 6.07) is 4.32. The summed E-state index contributed by atoms with van der Waals surface area (Å²) in [7, 11) is 1.79. The molecule has 2 aromatic heterocycles. The van der Waals surface area contributed by atoms with Crippen LogP contribution < -0.4 is 4.74 Å². The Hall–Kier alpha value is -2.81. The van der Waals surface area contributed by atoms with Crippen molar-refractivity contribution >= 4 is 12.6 Å². The van der Waals surface area contributed by atoms with Gasteiger partial charge in [-0.05, 0) is 25.6 Å². The summed E-state index contributed by atoms with van der Waals surface area (Å²) in [5, 5.41) is 0. The van der Waals surface area contributed by atoms with Gasteiger partial charge < -0.3 is 4.74 Å². The Morgan fingerprint density at radius 1 is 1.19 bits per heavy atom. The lowest BCUT2D eigenvalue weighted by atomic mass is 10.0. The van der Waals surface area contributed by atoms with Gasteiger partial charge in [-0.2, -0.15) is 13.2 Å². The Morgan fingerprint density at radius 2 is 1.93 bits per heavy atom. The van der Waals surface area contributed by atoms with Crippen LogP contribution in [-0.2, 0) is 6.54 Å². The predicted octanol–water partition coefficient (Wildman–Crippen LogP) is 3.24. The number of hydrogen-bond acceptors (Lipinski definition) is 6. The van der Waals surface area contributed by atoms with Crippen LogP contribution in [-0.4, -0.2) is 47.3 Å². The summed E-state index contributed by atoms with van der Waals surface area (Å²) >= 11 is 0. The van der Waals surface area contributed by atoms with Gasteiger partial charge in [0.2, 0.25) is 5.88 Å². The third-order valence-corrected chi connectivity index (χ3v) is 4.06. The average molecular weight is 381 g/mol. The van der Waals surface area contributed by atoms with Crippen molar-refractivity contribution in [2.24, 2.45) is 0 Å². The van der Waals surface area contributed by atoms with Crippen LogP contribution in [0.15, 0.2) is 30.6 Å². The first kappa shape index (κ1) is 20.5. The Balaban J connectivity index is 2.10. The Labute approximate surface area is 154 Å². The maximum absolute atomic E-state index is 12.2. The van der Waals surface area contributed by atoms with E-state index in [2.05, 4.69) is 14.7 Å². The van der Waals surface area contributed by atoms with Crippen LogP contribution in [0.25, 0.3) is 0 Å². The number of pyridine rings is 2. The largest absolute Gasteiger partial charge is 0.468 e. The first-order valence-corrected chi connectivity index (χ1v) is 7.99. The van der Waals surface area contributed by atoms with Gasteiger partial charge in [0.25, 0.3) is 0 Å². The summed E-state index contributed by atoms with van der Waals surface area (Å²) in [4.78, 5) is 32.1. The van der Waals surface area contributed by atoms with Crippen molar-refractivity contribution in [2.75, 3.05) is 13.7 Å². The van der Waals surface area contributed by atoms with E-state index < -0.39 is 12.8 Å². The molecule has 0 N–H and O–H groups in total. The summed E-state index contributed by atoms with van der Waals surface area (Å²) in [6.45, 7) is 0.743. The fourth-order valence-electron chi connectivity index (χ4n) is 2.43. The summed E-state index contributed by atoms with van der Waals surface area (Å²) in [6.07, 6.45) is -0.350. The number of hydrogen-bond donors (Lipinski definition) is 0. The van der Waals surface area contributed by atoms with E-state index in [1.54, 1.807) is 13.1 Å². The first-order valence-electron chi connectivity index (χ1n) is 7.99. The third-order valence-electron chi connectivity index (χ3n) is 4.06. The summed E-state index contributed by atoms with van der Waals surface area (Å²) in [5.41, 5.74) is 1.81. The molecule has 1 atom stereocenters. The van der Waals surface area contributed by atoms with Gasteiger partial charge in [-0.25, -0.2) is 4.98 Å². The highest BCUT2D eigenvalue weighted by Gasteiger charge is 2.28. The van der Waals surface area contributed by atoms with Crippen molar-refractivity contribution in [1.29, 1.82) is 0 Å². The number of rotatable bonds is 8. The lowest BCUT2D eigenvalue weighted by Gasteiger charge is -2.26. The molecule has 6 nitrogen and oxygen atoms in total. The van der Waals surface area contributed by atoms with E-state index in [0.29, 0.717) is 23.7 Å². The topological polar surface area (TPSA) is 72.4 Å². The molecular weight excluding hydrogens is 363 g/mol. The number of aromatic nitrogens is 2. The number of alkyl halides is 3. The van der Waals surface area contributed by atoms with E-state index in [-0.39, 0.29) is 24.2 Å². The van der Waals surface area contributed by atoms with Gasteiger partial charge in [0.15, 0.2) is 19.2 Å². The SMILES string of the molecule is CC(c1ccc(OCC(F)(F)F)nc1)N(C)Cc1c(C=O)ccnc1C=O. The molecule has 0 saturated carbocycles. The molecular formula is C18H18F3N3O3. The number of nitrogens with zero attached hydrogens (tertiary/aromatic N) is 3. The predicted molar refractivity (Wildman–Crippen MR) is 90.7 cm³/mol. The molecule has 27 heavy (non-hydrogen) atoms. The molecule has 0 radical (unpaired) electrons. The maximum atomic E-state index is 12.2. The van der Waals surface area contributed by atoms with Crippen molar-refractivity contribution in [1.82, 2.24) is 14.9 Å². The van der Waals surface area contributed by atoms with Crippen molar-refractivity contribution in [3.8, 4) is 5.88 Å². The molecule has 0 spiro atoms. The minimum absolute atomic E-state index is 0.121. The van der Waals surface area contributed by atoms with Crippen LogP contribution in [0.5, 0.6) is 5.88 Å². The minimum atomic E-state index is -4.43. The van der Waals surface area contributed by atoms with E-state index in [1.165, 1.54) is 24.5 Å². The zero-order chi connectivity index (χ0) is 20.0. The molecule has 2 aromatic rings. The number of carbonyl (C=O) groups is 2. The van der Waals surface area contributed by atoms with E-state index in [9.17, 15) is 22.8 Å². The second-order valence-corrected chi connectivity index (χ2v) is 5.92. The molecule has 0 bridgehead atoms. The molecule has 2 heterocycles. The van der Waals surface area contributed by atoms with Gasteiger partial charge in [-0.15, -0.1) is 0 Å². The zero-order valence-electron chi connectivity index (χ0n) is 14.7. The normalized spacial score (nSPS) is 12.7. The number of halogens is 3. The number of carbonyl (C=O) groups excluding carboxylic acids is 2. The Morgan fingerprint density at radius 3 is 2.48 bits per heavy atom. The molecule has 9 heteroatoms. The molecule has 0 fully saturated rings. The van der Waals surface area contributed by atoms with E-state index in [4.69, 9.17) is 0 Å². The molecule has 0 amide bonds. The fraction of sp³-hybridized carbons (Fsp3) is 0.333. The quantitative estimate of drug-likeness (QED) is 0.654. The standard InChI is InChI=1S/C18H18F3N3O3/c1-12(13-3-4-17(23-7-13)27-11-18(19,20)21)24(2)8-15-14(9-25)5-6-22-16(15)10-26/h3-7,9-10,12H,8,11H2,1-2H3. The maximum Gasteiger partial charge on any atom is 0.422 e. The fourth-order valence-corrected chi connectivity index (χ4v) is 2.43. The molecule has 0 aromatic carbocycles. The minimum Gasteiger partial charge on any atom is -0.468 e. The van der Waals surface area contributed by atoms with Gasteiger partial charge >= 0.3 is 6.18 Å². The van der Waals surface area contributed by atoms with Gasteiger partial charge in [0, 0.05) is 42.2 Å². The first-order chi connectivity index (χ1) is 12.7. The van der Waals surface area contributed by atoms with Crippen LogP contribution in [0.1, 0.15) is 44.9 Å². The second kappa shape index (κ2) is 8.72. The van der Waals surface area contributed by atoms with Crippen LogP contribution >= 0.6 is 0 Å². The second-order valence-electron chi connectivity index (χ2n) is 5.92. The highest BCUT2D eigenvalue weighted by molar-refractivity contribution is 5.83. The van der Waals surface area contributed by atoms with Crippen molar-refractivity contribution in [3.05, 3.63) is 53.0 Å². The molecule has 2 rings (SSSR count). The Kier molecular flexibility index (Phi) is 6.62. The molecule has 0 saturated heterocycles.